The standard InChI is InChI=1S/C18H32N2O4/c1-5-6-8-18(13-7-9-19-14(13)12-20-18)16(22)24-11-10-23-15(21)17(2,3)4/h13-14,19-20H,5-12H2,1-4H3/t13-,14-,18+/m0/s1. The molecule has 2 aliphatic heterocycles. The minimum absolute atomic E-state index is 0.109. The Labute approximate surface area is 145 Å². The molecule has 0 bridgehead atoms. The van der Waals surface area contributed by atoms with E-state index in [1.165, 1.54) is 0 Å². The molecule has 0 aromatic heterocycles. The maximum atomic E-state index is 12.8. The van der Waals surface area contributed by atoms with Crippen LogP contribution in [-0.4, -0.2) is 49.8 Å². The molecule has 0 aliphatic carbocycles. The minimum atomic E-state index is -0.585. The highest BCUT2D eigenvalue weighted by molar-refractivity contribution is 5.82. The molecule has 2 fully saturated rings. The first-order chi connectivity index (χ1) is 11.3. The molecule has 0 amide bonds. The third-order valence-corrected chi connectivity index (χ3v) is 5.07. The maximum Gasteiger partial charge on any atom is 0.326 e. The van der Waals surface area contributed by atoms with Gasteiger partial charge in [0.15, 0.2) is 0 Å². The summed E-state index contributed by atoms with van der Waals surface area (Å²) in [7, 11) is 0. The van der Waals surface area contributed by atoms with Gasteiger partial charge in [-0.3, -0.25) is 9.59 Å². The summed E-state index contributed by atoms with van der Waals surface area (Å²) in [5.74, 6) is -0.189. The van der Waals surface area contributed by atoms with Gasteiger partial charge in [0.1, 0.15) is 18.8 Å². The van der Waals surface area contributed by atoms with Gasteiger partial charge in [0.05, 0.1) is 5.41 Å². The zero-order chi connectivity index (χ0) is 17.8. The molecule has 2 heterocycles. The fraction of sp³-hybridized carbons (Fsp3) is 0.889. The summed E-state index contributed by atoms with van der Waals surface area (Å²) < 4.78 is 10.7. The van der Waals surface area contributed by atoms with Crippen molar-refractivity contribution in [1.82, 2.24) is 10.6 Å². The van der Waals surface area contributed by atoms with E-state index in [1.54, 1.807) is 20.8 Å². The van der Waals surface area contributed by atoms with E-state index >= 15 is 0 Å². The van der Waals surface area contributed by atoms with Crippen LogP contribution in [0.1, 0.15) is 53.4 Å². The lowest BCUT2D eigenvalue weighted by Gasteiger charge is -2.32. The van der Waals surface area contributed by atoms with Gasteiger partial charge in [-0.2, -0.15) is 0 Å². The first kappa shape index (κ1) is 19.2. The number of esters is 2. The largest absolute Gasteiger partial charge is 0.462 e. The lowest BCUT2D eigenvalue weighted by Crippen LogP contribution is -2.53. The Morgan fingerprint density at radius 2 is 1.92 bits per heavy atom. The normalized spacial score (nSPS) is 29.3. The molecule has 0 unspecified atom stereocenters. The molecule has 2 rings (SSSR count). The monoisotopic (exact) mass is 340 g/mol. The number of carbonyl (C=O) groups excluding carboxylic acids is 2. The third-order valence-electron chi connectivity index (χ3n) is 5.07. The van der Waals surface area contributed by atoms with Crippen LogP contribution in [-0.2, 0) is 19.1 Å². The smallest absolute Gasteiger partial charge is 0.326 e. The van der Waals surface area contributed by atoms with Gasteiger partial charge in [-0.25, -0.2) is 0 Å². The van der Waals surface area contributed by atoms with E-state index in [9.17, 15) is 9.59 Å². The van der Waals surface area contributed by atoms with Crippen molar-refractivity contribution in [3.63, 3.8) is 0 Å². The quantitative estimate of drug-likeness (QED) is 0.542. The Morgan fingerprint density at radius 3 is 2.58 bits per heavy atom. The second-order valence-corrected chi connectivity index (χ2v) is 7.93. The van der Waals surface area contributed by atoms with Crippen LogP contribution < -0.4 is 10.6 Å². The summed E-state index contributed by atoms with van der Waals surface area (Å²) in [6, 6.07) is 0.355. The van der Waals surface area contributed by atoms with Crippen LogP contribution in [0, 0.1) is 11.3 Å². The summed E-state index contributed by atoms with van der Waals surface area (Å²) >= 11 is 0. The van der Waals surface area contributed by atoms with E-state index in [2.05, 4.69) is 17.6 Å². The van der Waals surface area contributed by atoms with Crippen molar-refractivity contribution in [3.05, 3.63) is 0 Å². The van der Waals surface area contributed by atoms with Crippen molar-refractivity contribution in [2.24, 2.45) is 11.3 Å². The van der Waals surface area contributed by atoms with Crippen molar-refractivity contribution >= 4 is 11.9 Å². The topological polar surface area (TPSA) is 76.7 Å². The molecule has 138 valence electrons. The van der Waals surface area contributed by atoms with Gasteiger partial charge in [0.25, 0.3) is 0 Å². The highest BCUT2D eigenvalue weighted by Gasteiger charge is 2.55. The molecule has 6 heteroatoms. The highest BCUT2D eigenvalue weighted by Crippen LogP contribution is 2.38. The van der Waals surface area contributed by atoms with E-state index in [0.717, 1.165) is 38.8 Å². The summed E-state index contributed by atoms with van der Waals surface area (Å²) in [5, 5.41) is 6.90. The van der Waals surface area contributed by atoms with Crippen LogP contribution in [0.25, 0.3) is 0 Å². The molecule has 0 radical (unpaired) electrons. The van der Waals surface area contributed by atoms with Crippen molar-refractivity contribution < 1.29 is 19.1 Å². The Hall–Kier alpha value is -1.14. The zero-order valence-electron chi connectivity index (χ0n) is 15.4. The van der Waals surface area contributed by atoms with E-state index in [4.69, 9.17) is 9.47 Å². The lowest BCUT2D eigenvalue weighted by atomic mass is 9.79. The number of rotatable bonds is 7. The van der Waals surface area contributed by atoms with Crippen LogP contribution in [0.2, 0.25) is 0 Å². The fourth-order valence-electron chi connectivity index (χ4n) is 3.66. The van der Waals surface area contributed by atoms with Crippen molar-refractivity contribution in [2.75, 3.05) is 26.3 Å². The lowest BCUT2D eigenvalue weighted by molar-refractivity contribution is -0.162. The van der Waals surface area contributed by atoms with E-state index < -0.39 is 11.0 Å². The third kappa shape index (κ3) is 4.09. The van der Waals surface area contributed by atoms with Gasteiger partial charge < -0.3 is 20.1 Å². The molecule has 0 aromatic rings. The summed E-state index contributed by atoms with van der Waals surface area (Å²) in [5.41, 5.74) is -1.12. The molecular formula is C18H32N2O4. The number of fused-ring (bicyclic) bond motifs is 1. The van der Waals surface area contributed by atoms with Gasteiger partial charge in [-0.05, 0) is 40.2 Å². The van der Waals surface area contributed by atoms with Gasteiger partial charge in [0.2, 0.25) is 0 Å². The summed E-state index contributed by atoms with van der Waals surface area (Å²) in [6.45, 7) is 9.53. The van der Waals surface area contributed by atoms with Gasteiger partial charge in [-0.1, -0.05) is 19.8 Å². The Morgan fingerprint density at radius 1 is 1.21 bits per heavy atom. The van der Waals surface area contributed by atoms with Crippen LogP contribution in [0.15, 0.2) is 0 Å². The second-order valence-electron chi connectivity index (χ2n) is 7.93. The van der Waals surface area contributed by atoms with Gasteiger partial charge in [0, 0.05) is 18.5 Å². The first-order valence-electron chi connectivity index (χ1n) is 9.14. The van der Waals surface area contributed by atoms with Crippen LogP contribution in [0.3, 0.4) is 0 Å². The van der Waals surface area contributed by atoms with Crippen molar-refractivity contribution in [2.45, 2.75) is 65.0 Å². The van der Waals surface area contributed by atoms with E-state index in [-0.39, 0.29) is 31.1 Å². The molecule has 6 nitrogen and oxygen atoms in total. The Balaban J connectivity index is 1.89. The minimum Gasteiger partial charge on any atom is -0.462 e. The highest BCUT2D eigenvalue weighted by atomic mass is 16.6. The SMILES string of the molecule is CCCC[C@@]1(C(=O)OCCOC(=O)C(C)(C)C)NC[C@@H]2NCC[C@@H]21. The molecule has 24 heavy (non-hydrogen) atoms. The van der Waals surface area contributed by atoms with E-state index in [0.29, 0.717) is 6.04 Å². The number of nitrogens with one attached hydrogen (secondary N) is 2. The molecule has 0 aromatic carbocycles. The summed E-state index contributed by atoms with van der Waals surface area (Å²) in [4.78, 5) is 24.5. The van der Waals surface area contributed by atoms with Crippen LogP contribution in [0.4, 0.5) is 0 Å². The predicted octanol–water partition coefficient (Wildman–Crippen LogP) is 1.63. The molecule has 2 N–H and O–H groups in total. The molecular weight excluding hydrogens is 308 g/mol. The average Bonchev–Trinajstić information content (AvgIpc) is 3.11. The number of hydrogen-bond acceptors (Lipinski definition) is 6. The molecule has 2 aliphatic rings. The number of hydrogen-bond donors (Lipinski definition) is 2. The first-order valence-corrected chi connectivity index (χ1v) is 9.14. The van der Waals surface area contributed by atoms with Crippen LogP contribution >= 0.6 is 0 Å². The van der Waals surface area contributed by atoms with Gasteiger partial charge >= 0.3 is 11.9 Å². The van der Waals surface area contributed by atoms with Crippen LogP contribution in [0.5, 0.6) is 0 Å². The number of ether oxygens (including phenoxy) is 2. The average molecular weight is 340 g/mol. The molecule has 2 saturated heterocycles. The maximum absolute atomic E-state index is 12.8. The number of carbonyl (C=O) groups is 2. The predicted molar refractivity (Wildman–Crippen MR) is 91.5 cm³/mol. The zero-order valence-corrected chi connectivity index (χ0v) is 15.4. The Bertz CT molecular complexity index is 460. The van der Waals surface area contributed by atoms with Gasteiger partial charge in [-0.15, -0.1) is 0 Å². The summed E-state index contributed by atoms with van der Waals surface area (Å²) in [6.07, 6.45) is 3.83. The fourth-order valence-corrected chi connectivity index (χ4v) is 3.66. The van der Waals surface area contributed by atoms with Crippen molar-refractivity contribution in [1.29, 1.82) is 0 Å². The van der Waals surface area contributed by atoms with Crippen molar-refractivity contribution in [3.8, 4) is 0 Å². The second kappa shape index (κ2) is 7.83. The number of unbranched alkanes of at least 4 members (excludes halogenated alkanes) is 1. The molecule has 0 spiro atoms. The Kier molecular flexibility index (Phi) is 6.26. The molecule has 3 atom stereocenters. The molecule has 0 saturated carbocycles. The van der Waals surface area contributed by atoms with E-state index in [1.807, 2.05) is 0 Å².